The van der Waals surface area contributed by atoms with Crippen molar-refractivity contribution in [3.8, 4) is 12.3 Å². The Balaban J connectivity index is 2.24. The second-order valence-corrected chi connectivity index (χ2v) is 3.69. The van der Waals surface area contributed by atoms with Gasteiger partial charge in [0.2, 0.25) is 0 Å². The van der Waals surface area contributed by atoms with Crippen LogP contribution >= 0.6 is 0 Å². The molecule has 2 amide bonds. The molecule has 1 aliphatic rings. The van der Waals surface area contributed by atoms with Crippen molar-refractivity contribution in [2.75, 3.05) is 13.2 Å². The fourth-order valence-electron chi connectivity index (χ4n) is 1.52. The van der Waals surface area contributed by atoms with Crippen LogP contribution in [0.5, 0.6) is 0 Å². The lowest BCUT2D eigenvalue weighted by atomic mass is 10.2. The van der Waals surface area contributed by atoms with Crippen LogP contribution in [-0.2, 0) is 4.74 Å². The van der Waals surface area contributed by atoms with E-state index in [1.54, 1.807) is 0 Å². The normalized spacial score (nSPS) is 21.7. The minimum absolute atomic E-state index is 0.130. The van der Waals surface area contributed by atoms with E-state index in [1.807, 2.05) is 6.92 Å². The van der Waals surface area contributed by atoms with Crippen LogP contribution in [0.3, 0.4) is 0 Å². The molecule has 0 aromatic carbocycles. The Kier molecular flexibility index (Phi) is 4.99. The van der Waals surface area contributed by atoms with E-state index < -0.39 is 0 Å². The number of urea groups is 1. The Morgan fingerprint density at radius 2 is 2.53 bits per heavy atom. The minimum atomic E-state index is -0.193. The van der Waals surface area contributed by atoms with Gasteiger partial charge in [0, 0.05) is 6.61 Å². The lowest BCUT2D eigenvalue weighted by Gasteiger charge is -2.15. The van der Waals surface area contributed by atoms with Crippen molar-refractivity contribution in [1.29, 1.82) is 0 Å². The third kappa shape index (κ3) is 4.22. The molecular weight excluding hydrogens is 192 g/mol. The summed E-state index contributed by atoms with van der Waals surface area (Å²) in [4.78, 5) is 11.5. The van der Waals surface area contributed by atoms with Crippen LogP contribution in [-0.4, -0.2) is 31.3 Å². The number of terminal acetylenes is 1. The van der Waals surface area contributed by atoms with Crippen LogP contribution in [0.25, 0.3) is 0 Å². The summed E-state index contributed by atoms with van der Waals surface area (Å²) < 4.78 is 5.15. The van der Waals surface area contributed by atoms with Crippen molar-refractivity contribution in [2.24, 2.45) is 0 Å². The van der Waals surface area contributed by atoms with Gasteiger partial charge in [-0.25, -0.2) is 4.79 Å². The largest absolute Gasteiger partial charge is 0.379 e. The highest BCUT2D eigenvalue weighted by molar-refractivity contribution is 5.75. The summed E-state index contributed by atoms with van der Waals surface area (Å²) in [5, 5.41) is 5.58. The summed E-state index contributed by atoms with van der Waals surface area (Å²) in [7, 11) is 0. The van der Waals surface area contributed by atoms with E-state index in [9.17, 15) is 4.79 Å². The first kappa shape index (κ1) is 11.9. The zero-order valence-corrected chi connectivity index (χ0v) is 9.08. The summed E-state index contributed by atoms with van der Waals surface area (Å²) in [6, 6.07) is -0.232. The maximum absolute atomic E-state index is 11.5. The predicted molar refractivity (Wildman–Crippen MR) is 58.4 cm³/mol. The van der Waals surface area contributed by atoms with E-state index in [-0.39, 0.29) is 18.1 Å². The van der Waals surface area contributed by atoms with Crippen LogP contribution < -0.4 is 10.6 Å². The lowest BCUT2D eigenvalue weighted by molar-refractivity contribution is 0.188. The molecule has 4 nitrogen and oxygen atoms in total. The summed E-state index contributed by atoms with van der Waals surface area (Å²) >= 11 is 0. The molecular formula is C11H18N2O2. The smallest absolute Gasteiger partial charge is 0.316 e. The first-order chi connectivity index (χ1) is 7.26. The molecule has 2 unspecified atom stereocenters. The Morgan fingerprint density at radius 1 is 1.73 bits per heavy atom. The van der Waals surface area contributed by atoms with E-state index >= 15 is 0 Å². The first-order valence-corrected chi connectivity index (χ1v) is 5.37. The number of carbonyl (C=O) groups excluding carboxylic acids is 1. The number of nitrogens with one attached hydrogen (secondary N) is 2. The summed E-state index contributed by atoms with van der Waals surface area (Å²) in [6.45, 7) is 3.36. The fourth-order valence-corrected chi connectivity index (χ4v) is 1.52. The maximum Gasteiger partial charge on any atom is 0.316 e. The van der Waals surface area contributed by atoms with Gasteiger partial charge < -0.3 is 15.4 Å². The second kappa shape index (κ2) is 6.31. The highest BCUT2D eigenvalue weighted by Crippen LogP contribution is 2.03. The summed E-state index contributed by atoms with van der Waals surface area (Å²) in [6.07, 6.45) is 7.95. The van der Waals surface area contributed by atoms with Crippen molar-refractivity contribution in [3.63, 3.8) is 0 Å². The van der Waals surface area contributed by atoms with Crippen LogP contribution in [0.2, 0.25) is 0 Å². The maximum atomic E-state index is 11.5. The molecule has 1 aliphatic heterocycles. The van der Waals surface area contributed by atoms with Gasteiger partial charge in [0.15, 0.2) is 0 Å². The number of amides is 2. The standard InChI is InChI=1S/C11H18N2O2/c1-3-5-9(4-2)12-11(14)13-10-6-7-15-8-10/h2,9-10H,3,5-8H2,1H3,(H2,12,13,14). The molecule has 0 radical (unpaired) electrons. The zero-order valence-electron chi connectivity index (χ0n) is 9.08. The van der Waals surface area contributed by atoms with Gasteiger partial charge in [-0.15, -0.1) is 6.42 Å². The van der Waals surface area contributed by atoms with Gasteiger partial charge in [0.05, 0.1) is 18.7 Å². The molecule has 1 rings (SSSR count). The van der Waals surface area contributed by atoms with Crippen LogP contribution in [0, 0.1) is 12.3 Å². The third-order valence-corrected chi connectivity index (χ3v) is 2.35. The quantitative estimate of drug-likeness (QED) is 0.677. The van der Waals surface area contributed by atoms with Crippen molar-refractivity contribution >= 4 is 6.03 Å². The molecule has 1 saturated heterocycles. The van der Waals surface area contributed by atoms with Gasteiger partial charge in [0.25, 0.3) is 0 Å². The number of carbonyl (C=O) groups is 1. The molecule has 0 aliphatic carbocycles. The van der Waals surface area contributed by atoms with Gasteiger partial charge in [-0.2, -0.15) is 0 Å². The molecule has 1 heterocycles. The lowest BCUT2D eigenvalue weighted by Crippen LogP contribution is -2.46. The Bertz CT molecular complexity index is 241. The number of ether oxygens (including phenoxy) is 1. The topological polar surface area (TPSA) is 50.4 Å². The Labute approximate surface area is 90.8 Å². The van der Waals surface area contributed by atoms with Crippen molar-refractivity contribution in [1.82, 2.24) is 10.6 Å². The number of rotatable bonds is 4. The average Bonchev–Trinajstić information content (AvgIpc) is 2.69. The van der Waals surface area contributed by atoms with Crippen LogP contribution in [0.15, 0.2) is 0 Å². The SMILES string of the molecule is C#CC(CCC)NC(=O)NC1CCOC1. The minimum Gasteiger partial charge on any atom is -0.379 e. The Hall–Kier alpha value is -1.21. The van der Waals surface area contributed by atoms with Gasteiger partial charge in [-0.05, 0) is 12.8 Å². The molecule has 2 atom stereocenters. The summed E-state index contributed by atoms with van der Waals surface area (Å²) in [5.74, 6) is 2.56. The van der Waals surface area contributed by atoms with E-state index in [0.717, 1.165) is 25.9 Å². The third-order valence-electron chi connectivity index (χ3n) is 2.35. The molecule has 0 bridgehead atoms. The van der Waals surface area contributed by atoms with Gasteiger partial charge in [-0.3, -0.25) is 0 Å². The van der Waals surface area contributed by atoms with Crippen LogP contribution in [0.4, 0.5) is 4.79 Å². The highest BCUT2D eigenvalue weighted by Gasteiger charge is 2.18. The highest BCUT2D eigenvalue weighted by atomic mass is 16.5. The molecule has 0 aromatic rings. The predicted octanol–water partition coefficient (Wildman–Crippen LogP) is 0.876. The van der Waals surface area contributed by atoms with Crippen LogP contribution in [0.1, 0.15) is 26.2 Å². The van der Waals surface area contributed by atoms with Crippen molar-refractivity contribution in [2.45, 2.75) is 38.3 Å². The van der Waals surface area contributed by atoms with E-state index in [2.05, 4.69) is 16.6 Å². The number of hydrogen-bond acceptors (Lipinski definition) is 2. The van der Waals surface area contributed by atoms with Crippen molar-refractivity contribution in [3.05, 3.63) is 0 Å². The van der Waals surface area contributed by atoms with Gasteiger partial charge >= 0.3 is 6.03 Å². The first-order valence-electron chi connectivity index (χ1n) is 5.37. The molecule has 2 N–H and O–H groups in total. The van der Waals surface area contributed by atoms with Gasteiger partial charge in [-0.1, -0.05) is 19.3 Å². The number of hydrogen-bond donors (Lipinski definition) is 2. The molecule has 4 heteroatoms. The molecule has 84 valence electrons. The van der Waals surface area contributed by atoms with E-state index in [0.29, 0.717) is 6.61 Å². The zero-order chi connectivity index (χ0) is 11.1. The van der Waals surface area contributed by atoms with E-state index in [4.69, 9.17) is 11.2 Å². The molecule has 0 spiro atoms. The molecule has 1 fully saturated rings. The van der Waals surface area contributed by atoms with Gasteiger partial charge in [0.1, 0.15) is 0 Å². The average molecular weight is 210 g/mol. The molecule has 0 saturated carbocycles. The fraction of sp³-hybridized carbons (Fsp3) is 0.727. The monoisotopic (exact) mass is 210 g/mol. The van der Waals surface area contributed by atoms with E-state index in [1.165, 1.54) is 0 Å². The van der Waals surface area contributed by atoms with Crippen molar-refractivity contribution < 1.29 is 9.53 Å². The Morgan fingerprint density at radius 3 is 3.07 bits per heavy atom. The molecule has 0 aromatic heterocycles. The summed E-state index contributed by atoms with van der Waals surface area (Å²) in [5.41, 5.74) is 0. The molecule has 15 heavy (non-hydrogen) atoms. The second-order valence-electron chi connectivity index (χ2n) is 3.69.